The van der Waals surface area contributed by atoms with Crippen molar-refractivity contribution in [2.45, 2.75) is 69.9 Å². The molecule has 0 saturated carbocycles. The first kappa shape index (κ1) is 31.3. The average Bonchev–Trinajstić information content (AvgIpc) is 2.89. The molecule has 0 aliphatic carbocycles. The average molecular weight is 577 g/mol. The summed E-state index contributed by atoms with van der Waals surface area (Å²) in [6.07, 6.45) is 5.18. The second-order valence-corrected chi connectivity index (χ2v) is 14.2. The zero-order valence-electron chi connectivity index (χ0n) is 24.0. The van der Waals surface area contributed by atoms with Gasteiger partial charge in [-0.1, -0.05) is 52.8 Å². The summed E-state index contributed by atoms with van der Waals surface area (Å²) < 4.78 is 28.8. The normalized spacial score (nSPS) is 18.2. The monoisotopic (exact) mass is 576 g/mol. The zero-order valence-corrected chi connectivity index (χ0v) is 25.7. The van der Waals surface area contributed by atoms with Crippen LogP contribution < -0.4 is 15.4 Å². The molecule has 2 aromatic rings. The molecule has 1 aromatic heterocycles. The van der Waals surface area contributed by atoms with Crippen LogP contribution in [0.15, 0.2) is 41.4 Å². The molecule has 1 amide bonds. The molecule has 0 bridgehead atoms. The molecule has 1 aromatic carbocycles. The van der Waals surface area contributed by atoms with E-state index in [-0.39, 0.29) is 34.2 Å². The Morgan fingerprint density at radius 2 is 1.92 bits per heavy atom. The Bertz CT molecular complexity index is 1190. The van der Waals surface area contributed by atoms with E-state index in [2.05, 4.69) is 61.2 Å². The summed E-state index contributed by atoms with van der Waals surface area (Å²) in [5.74, 6) is 2.33. The number of aromatic nitrogens is 2. The third-order valence-electron chi connectivity index (χ3n) is 6.47. The van der Waals surface area contributed by atoms with Crippen molar-refractivity contribution >= 4 is 33.5 Å². The summed E-state index contributed by atoms with van der Waals surface area (Å²) in [5, 5.41) is 6.73. The van der Waals surface area contributed by atoms with E-state index in [1.165, 1.54) is 0 Å². The number of amides is 1. The largest absolute Gasteiger partial charge is 0.369 e. The van der Waals surface area contributed by atoms with Crippen molar-refractivity contribution in [2.75, 3.05) is 43.5 Å². The van der Waals surface area contributed by atoms with Gasteiger partial charge in [-0.2, -0.15) is 11.8 Å². The van der Waals surface area contributed by atoms with Gasteiger partial charge in [-0.15, -0.1) is 0 Å². The van der Waals surface area contributed by atoms with Gasteiger partial charge in [0.2, 0.25) is 10.0 Å². The number of benzene rings is 1. The first-order valence-electron chi connectivity index (χ1n) is 13.6. The summed E-state index contributed by atoms with van der Waals surface area (Å²) in [7, 11) is -3.67. The number of rotatable bonds is 12. The third-order valence-corrected chi connectivity index (χ3v) is 8.71. The molecule has 216 valence electrons. The molecule has 2 atom stereocenters. The van der Waals surface area contributed by atoms with Gasteiger partial charge in [-0.05, 0) is 42.9 Å². The molecule has 0 radical (unpaired) electrons. The molecule has 3 N–H and O–H groups in total. The smallest absolute Gasteiger partial charge is 0.259 e. The topological polar surface area (TPSA) is 116 Å². The zero-order chi connectivity index (χ0) is 28.6. The maximum absolute atomic E-state index is 14.1. The van der Waals surface area contributed by atoms with E-state index in [1.807, 2.05) is 4.90 Å². The van der Waals surface area contributed by atoms with E-state index in [4.69, 9.17) is 4.98 Å². The van der Waals surface area contributed by atoms with Crippen molar-refractivity contribution in [2.24, 2.45) is 5.92 Å². The highest BCUT2D eigenvalue weighted by atomic mass is 32.2. The van der Waals surface area contributed by atoms with Crippen molar-refractivity contribution in [3.63, 3.8) is 0 Å². The predicted molar refractivity (Wildman–Crippen MR) is 160 cm³/mol. The van der Waals surface area contributed by atoms with Crippen LogP contribution in [0.4, 0.5) is 5.82 Å². The molecule has 1 aliphatic heterocycles. The van der Waals surface area contributed by atoms with Crippen molar-refractivity contribution in [3.8, 4) is 0 Å². The minimum atomic E-state index is -3.67. The van der Waals surface area contributed by atoms with Crippen molar-refractivity contribution in [1.82, 2.24) is 24.9 Å². The molecule has 2 heterocycles. The van der Waals surface area contributed by atoms with Gasteiger partial charge in [-0.3, -0.25) is 4.79 Å². The van der Waals surface area contributed by atoms with Crippen molar-refractivity contribution in [1.29, 1.82) is 0 Å². The quantitative estimate of drug-likeness (QED) is 0.327. The molecule has 3 rings (SSSR count). The minimum Gasteiger partial charge on any atom is -0.369 e. The van der Waals surface area contributed by atoms with Crippen molar-refractivity contribution < 1.29 is 13.2 Å². The second-order valence-electron chi connectivity index (χ2n) is 11.5. The lowest BCUT2D eigenvalue weighted by atomic mass is 9.95. The number of sulfonamides is 1. The van der Waals surface area contributed by atoms with Crippen LogP contribution >= 0.6 is 11.8 Å². The second kappa shape index (κ2) is 13.9. The number of piperidine rings is 1. The number of hydrogen-bond donors (Lipinski definition) is 3. The standard InChI is InChI=1S/C28H44N6O3S2/c1-20(2)19-34(22-15-21(16-29-17-22)33-39(36,37)23-11-8-7-9-12-23)26(35)24-18-31-27(28(3,4)5)32-25(24)30-13-10-14-38-6/h7-9,11-12,18,20-22,29,33H,10,13-17,19H2,1-6H3,(H,30,31,32)/t21-,22+/m1/s1. The number of nitrogens with zero attached hydrogens (tertiary/aromatic N) is 3. The summed E-state index contributed by atoms with van der Waals surface area (Å²) in [6, 6.07) is 7.83. The first-order valence-corrected chi connectivity index (χ1v) is 16.5. The molecule has 1 saturated heterocycles. The molecular formula is C28H44N6O3S2. The van der Waals surface area contributed by atoms with Crippen LogP contribution in [0.1, 0.15) is 63.6 Å². The minimum absolute atomic E-state index is 0.144. The molecule has 39 heavy (non-hydrogen) atoms. The van der Waals surface area contributed by atoms with Gasteiger partial charge in [0, 0.05) is 49.9 Å². The van der Waals surface area contributed by atoms with Crippen LogP contribution in [0.3, 0.4) is 0 Å². The number of hydrogen-bond acceptors (Lipinski definition) is 8. The summed E-state index contributed by atoms with van der Waals surface area (Å²) in [5.41, 5.74) is 0.186. The van der Waals surface area contributed by atoms with Gasteiger partial charge in [0.15, 0.2) is 0 Å². The molecule has 0 spiro atoms. The van der Waals surface area contributed by atoms with Crippen LogP contribution in [-0.2, 0) is 15.4 Å². The molecule has 11 heteroatoms. The lowest BCUT2D eigenvalue weighted by molar-refractivity contribution is 0.0608. The van der Waals surface area contributed by atoms with E-state index in [0.29, 0.717) is 49.8 Å². The fourth-order valence-electron chi connectivity index (χ4n) is 4.54. The molecule has 0 unspecified atom stereocenters. The lowest BCUT2D eigenvalue weighted by Crippen LogP contribution is -2.57. The maximum Gasteiger partial charge on any atom is 0.259 e. The Labute approximate surface area is 238 Å². The number of carbonyl (C=O) groups is 1. The van der Waals surface area contributed by atoms with Gasteiger partial charge in [-0.25, -0.2) is 23.1 Å². The highest BCUT2D eigenvalue weighted by Gasteiger charge is 2.34. The van der Waals surface area contributed by atoms with Crippen LogP contribution in [0.2, 0.25) is 0 Å². The van der Waals surface area contributed by atoms with Gasteiger partial charge < -0.3 is 15.5 Å². The number of thioether (sulfide) groups is 1. The molecule has 1 fully saturated rings. The third kappa shape index (κ3) is 8.89. The van der Waals surface area contributed by atoms with Crippen molar-refractivity contribution in [3.05, 3.63) is 47.9 Å². The van der Waals surface area contributed by atoms with Crippen LogP contribution in [0.25, 0.3) is 0 Å². The van der Waals surface area contributed by atoms with Crippen LogP contribution in [0, 0.1) is 5.92 Å². The van der Waals surface area contributed by atoms with Gasteiger partial charge in [0.05, 0.1) is 4.90 Å². The number of nitrogens with one attached hydrogen (secondary N) is 3. The van der Waals surface area contributed by atoms with Crippen LogP contribution in [0.5, 0.6) is 0 Å². The predicted octanol–water partition coefficient (Wildman–Crippen LogP) is 3.75. The van der Waals surface area contributed by atoms with E-state index >= 15 is 0 Å². The fraction of sp³-hybridized carbons (Fsp3) is 0.607. The van der Waals surface area contributed by atoms with E-state index in [0.717, 1.165) is 12.2 Å². The maximum atomic E-state index is 14.1. The Morgan fingerprint density at radius 3 is 2.56 bits per heavy atom. The molecule has 1 aliphatic rings. The highest BCUT2D eigenvalue weighted by Crippen LogP contribution is 2.25. The number of anilines is 1. The van der Waals surface area contributed by atoms with Crippen LogP contribution in [-0.4, -0.2) is 79.5 Å². The van der Waals surface area contributed by atoms with Gasteiger partial charge in [0.1, 0.15) is 17.2 Å². The summed E-state index contributed by atoms with van der Waals surface area (Å²) in [6.45, 7) is 12.6. The fourth-order valence-corrected chi connectivity index (χ4v) is 6.24. The lowest BCUT2D eigenvalue weighted by Gasteiger charge is -2.39. The van der Waals surface area contributed by atoms with E-state index < -0.39 is 10.0 Å². The Morgan fingerprint density at radius 1 is 1.21 bits per heavy atom. The Balaban J connectivity index is 1.86. The summed E-state index contributed by atoms with van der Waals surface area (Å²) >= 11 is 1.78. The SMILES string of the molecule is CSCCCNc1nc(C(C)(C)C)ncc1C(=O)N(CC(C)C)[C@@H]1CNC[C@H](NS(=O)(=O)c2ccccc2)C1. The van der Waals surface area contributed by atoms with Gasteiger partial charge >= 0.3 is 0 Å². The summed E-state index contributed by atoms with van der Waals surface area (Å²) in [4.78, 5) is 25.5. The Kier molecular flexibility index (Phi) is 11.2. The first-order chi connectivity index (χ1) is 18.4. The van der Waals surface area contributed by atoms with Gasteiger partial charge in [0.25, 0.3) is 5.91 Å². The Hall–Kier alpha value is -2.21. The van der Waals surface area contributed by atoms with E-state index in [1.54, 1.807) is 48.3 Å². The van der Waals surface area contributed by atoms with E-state index in [9.17, 15) is 13.2 Å². The molecule has 9 nitrogen and oxygen atoms in total. The highest BCUT2D eigenvalue weighted by molar-refractivity contribution is 7.98. The molecular weight excluding hydrogens is 532 g/mol. The number of carbonyl (C=O) groups excluding carboxylic acids is 1.